The minimum atomic E-state index is -0.565. The van der Waals surface area contributed by atoms with Gasteiger partial charge in [-0.25, -0.2) is 0 Å². The SMILES string of the molecule is CC1(O)CCC(N)(c2ccccc2Cl)CC1. The molecule has 16 heavy (non-hydrogen) atoms. The molecule has 3 heteroatoms. The first-order valence-corrected chi connectivity index (χ1v) is 6.07. The first-order valence-electron chi connectivity index (χ1n) is 5.69. The maximum Gasteiger partial charge on any atom is 0.0621 e. The van der Waals surface area contributed by atoms with E-state index in [1.807, 2.05) is 31.2 Å². The van der Waals surface area contributed by atoms with Gasteiger partial charge in [0.2, 0.25) is 0 Å². The molecule has 0 amide bonds. The lowest BCUT2D eigenvalue weighted by atomic mass is 9.72. The van der Waals surface area contributed by atoms with E-state index >= 15 is 0 Å². The van der Waals surface area contributed by atoms with Gasteiger partial charge in [-0.2, -0.15) is 0 Å². The van der Waals surface area contributed by atoms with Crippen molar-refractivity contribution in [2.45, 2.75) is 43.7 Å². The quantitative estimate of drug-likeness (QED) is 0.792. The molecule has 0 radical (unpaired) electrons. The molecule has 0 unspecified atom stereocenters. The molecule has 3 N–H and O–H groups in total. The van der Waals surface area contributed by atoms with Crippen LogP contribution in [0.3, 0.4) is 0 Å². The van der Waals surface area contributed by atoms with Crippen molar-refractivity contribution in [1.82, 2.24) is 0 Å². The Bertz CT molecular complexity index is 379. The predicted octanol–water partition coefficient (Wildman–Crippen LogP) is 2.82. The highest BCUT2D eigenvalue weighted by molar-refractivity contribution is 6.31. The summed E-state index contributed by atoms with van der Waals surface area (Å²) in [5.41, 5.74) is 6.47. The summed E-state index contributed by atoms with van der Waals surface area (Å²) in [5.74, 6) is 0. The highest BCUT2D eigenvalue weighted by atomic mass is 35.5. The van der Waals surface area contributed by atoms with E-state index < -0.39 is 5.60 Å². The van der Waals surface area contributed by atoms with Crippen molar-refractivity contribution in [2.24, 2.45) is 5.73 Å². The summed E-state index contributed by atoms with van der Waals surface area (Å²) in [7, 11) is 0. The molecule has 0 saturated heterocycles. The van der Waals surface area contributed by atoms with Gasteiger partial charge in [0, 0.05) is 10.6 Å². The summed E-state index contributed by atoms with van der Waals surface area (Å²) < 4.78 is 0. The van der Waals surface area contributed by atoms with Crippen LogP contribution in [0.15, 0.2) is 24.3 Å². The molecule has 0 aliphatic heterocycles. The van der Waals surface area contributed by atoms with E-state index in [9.17, 15) is 5.11 Å². The number of aliphatic hydroxyl groups is 1. The van der Waals surface area contributed by atoms with Gasteiger partial charge in [-0.15, -0.1) is 0 Å². The molecule has 1 aliphatic carbocycles. The normalized spacial score (nSPS) is 35.0. The molecule has 88 valence electrons. The second-order valence-electron chi connectivity index (χ2n) is 5.13. The fourth-order valence-corrected chi connectivity index (χ4v) is 2.69. The first kappa shape index (κ1) is 11.9. The maximum atomic E-state index is 9.93. The van der Waals surface area contributed by atoms with Crippen LogP contribution < -0.4 is 5.73 Å². The number of rotatable bonds is 1. The third-order valence-corrected chi connectivity index (χ3v) is 3.96. The topological polar surface area (TPSA) is 46.2 Å². The highest BCUT2D eigenvalue weighted by Crippen LogP contribution is 2.41. The monoisotopic (exact) mass is 239 g/mol. The largest absolute Gasteiger partial charge is 0.390 e. The third-order valence-electron chi connectivity index (χ3n) is 3.63. The number of nitrogens with two attached hydrogens (primary N) is 1. The molecule has 0 heterocycles. The third kappa shape index (κ3) is 2.24. The standard InChI is InChI=1S/C13H18ClNO/c1-12(16)6-8-13(15,9-7-12)10-4-2-3-5-11(10)14/h2-5,16H,6-9,15H2,1H3. The minimum Gasteiger partial charge on any atom is -0.390 e. The molecule has 1 aromatic rings. The average molecular weight is 240 g/mol. The Kier molecular flexibility index (Phi) is 2.99. The molecular formula is C13H18ClNO. The molecule has 1 fully saturated rings. The van der Waals surface area contributed by atoms with E-state index in [1.165, 1.54) is 0 Å². The summed E-state index contributed by atoms with van der Waals surface area (Å²) in [6.45, 7) is 1.87. The molecular weight excluding hydrogens is 222 g/mol. The van der Waals surface area contributed by atoms with E-state index in [0.29, 0.717) is 0 Å². The Balaban J connectivity index is 2.25. The Morgan fingerprint density at radius 1 is 1.19 bits per heavy atom. The summed E-state index contributed by atoms with van der Waals surface area (Å²) in [4.78, 5) is 0. The smallest absolute Gasteiger partial charge is 0.0621 e. The molecule has 1 saturated carbocycles. The Hall–Kier alpha value is -0.570. The van der Waals surface area contributed by atoms with E-state index in [-0.39, 0.29) is 5.54 Å². The number of benzene rings is 1. The van der Waals surface area contributed by atoms with Crippen LogP contribution in [0, 0.1) is 0 Å². The van der Waals surface area contributed by atoms with Gasteiger partial charge >= 0.3 is 0 Å². The maximum absolute atomic E-state index is 9.93. The first-order chi connectivity index (χ1) is 7.43. The van der Waals surface area contributed by atoms with Crippen molar-refractivity contribution in [3.05, 3.63) is 34.9 Å². The Labute approximate surface area is 101 Å². The molecule has 2 nitrogen and oxygen atoms in total. The second kappa shape index (κ2) is 4.02. The van der Waals surface area contributed by atoms with Crippen LogP contribution in [-0.2, 0) is 5.54 Å². The molecule has 1 aliphatic rings. The summed E-state index contributed by atoms with van der Waals surface area (Å²) in [6, 6.07) is 7.73. The van der Waals surface area contributed by atoms with Gasteiger partial charge in [0.15, 0.2) is 0 Å². The average Bonchev–Trinajstić information content (AvgIpc) is 2.24. The number of hydrogen-bond acceptors (Lipinski definition) is 2. The molecule has 2 rings (SSSR count). The van der Waals surface area contributed by atoms with Crippen molar-refractivity contribution in [3.8, 4) is 0 Å². The van der Waals surface area contributed by atoms with Crippen molar-refractivity contribution < 1.29 is 5.11 Å². The van der Waals surface area contributed by atoms with Crippen LogP contribution in [0.25, 0.3) is 0 Å². The summed E-state index contributed by atoms with van der Waals surface area (Å²) in [5, 5.41) is 10.7. The van der Waals surface area contributed by atoms with Gasteiger partial charge in [0.1, 0.15) is 0 Å². The van der Waals surface area contributed by atoms with Crippen molar-refractivity contribution in [1.29, 1.82) is 0 Å². The van der Waals surface area contributed by atoms with Gasteiger partial charge in [0.05, 0.1) is 5.60 Å². The van der Waals surface area contributed by atoms with E-state index in [4.69, 9.17) is 17.3 Å². The van der Waals surface area contributed by atoms with E-state index in [2.05, 4.69) is 0 Å². The van der Waals surface area contributed by atoms with Crippen LogP contribution in [0.1, 0.15) is 38.2 Å². The summed E-state index contributed by atoms with van der Waals surface area (Å²) in [6.07, 6.45) is 3.02. The van der Waals surface area contributed by atoms with Gasteiger partial charge < -0.3 is 10.8 Å². The molecule has 0 atom stereocenters. The van der Waals surface area contributed by atoms with Crippen molar-refractivity contribution in [3.63, 3.8) is 0 Å². The van der Waals surface area contributed by atoms with E-state index in [0.717, 1.165) is 36.3 Å². The fraction of sp³-hybridized carbons (Fsp3) is 0.538. The lowest BCUT2D eigenvalue weighted by Gasteiger charge is -2.41. The zero-order valence-corrected chi connectivity index (χ0v) is 10.3. The highest BCUT2D eigenvalue weighted by Gasteiger charge is 2.38. The molecule has 0 spiro atoms. The second-order valence-corrected chi connectivity index (χ2v) is 5.54. The minimum absolute atomic E-state index is 0.374. The van der Waals surface area contributed by atoms with Crippen LogP contribution in [0.2, 0.25) is 5.02 Å². The van der Waals surface area contributed by atoms with Crippen LogP contribution >= 0.6 is 11.6 Å². The van der Waals surface area contributed by atoms with Crippen LogP contribution in [-0.4, -0.2) is 10.7 Å². The van der Waals surface area contributed by atoms with Crippen LogP contribution in [0.5, 0.6) is 0 Å². The van der Waals surface area contributed by atoms with Crippen molar-refractivity contribution in [2.75, 3.05) is 0 Å². The number of hydrogen-bond donors (Lipinski definition) is 2. The zero-order valence-electron chi connectivity index (χ0n) is 9.54. The molecule has 0 aromatic heterocycles. The van der Waals surface area contributed by atoms with E-state index in [1.54, 1.807) is 0 Å². The Morgan fingerprint density at radius 3 is 2.31 bits per heavy atom. The zero-order chi connectivity index (χ0) is 11.8. The van der Waals surface area contributed by atoms with Gasteiger partial charge in [0.25, 0.3) is 0 Å². The van der Waals surface area contributed by atoms with Gasteiger partial charge in [-0.3, -0.25) is 0 Å². The fourth-order valence-electron chi connectivity index (χ4n) is 2.37. The number of halogens is 1. The van der Waals surface area contributed by atoms with Crippen molar-refractivity contribution >= 4 is 11.6 Å². The lowest BCUT2D eigenvalue weighted by Crippen LogP contribution is -2.45. The van der Waals surface area contributed by atoms with Gasteiger partial charge in [-0.1, -0.05) is 29.8 Å². The molecule has 0 bridgehead atoms. The summed E-state index contributed by atoms with van der Waals surface area (Å²) >= 11 is 6.18. The predicted molar refractivity (Wildman–Crippen MR) is 66.4 cm³/mol. The Morgan fingerprint density at radius 2 is 1.75 bits per heavy atom. The lowest BCUT2D eigenvalue weighted by molar-refractivity contribution is 0.000920. The van der Waals surface area contributed by atoms with Crippen LogP contribution in [0.4, 0.5) is 0 Å². The van der Waals surface area contributed by atoms with Gasteiger partial charge in [-0.05, 0) is 44.2 Å². The molecule has 1 aromatic carbocycles.